The average Bonchev–Trinajstić information content (AvgIpc) is 2.83. The van der Waals surface area contributed by atoms with Crippen LogP contribution < -0.4 is 10.6 Å². The third-order valence-electron chi connectivity index (χ3n) is 6.47. The summed E-state index contributed by atoms with van der Waals surface area (Å²) in [4.78, 5) is 24.3. The van der Waals surface area contributed by atoms with Gasteiger partial charge in [-0.05, 0) is 37.1 Å². The Labute approximate surface area is 210 Å². The first kappa shape index (κ1) is 30.2. The number of amides is 2. The van der Waals surface area contributed by atoms with Crippen LogP contribution in [0, 0.1) is 0 Å². The highest BCUT2D eigenvalue weighted by Crippen LogP contribution is 2.16. The van der Waals surface area contributed by atoms with Crippen molar-refractivity contribution in [2.75, 3.05) is 10.6 Å². The molecular weight excluding hydrogens is 420 g/mol. The molecule has 0 heterocycles. The Hall–Kier alpha value is -1.84. The largest absolute Gasteiger partial charge is 0.326 e. The molecule has 1 rings (SSSR count). The van der Waals surface area contributed by atoms with Gasteiger partial charge in [-0.25, -0.2) is 0 Å². The first-order valence-corrected chi connectivity index (χ1v) is 14.4. The molecule has 1 aromatic carbocycles. The van der Waals surface area contributed by atoms with Crippen molar-refractivity contribution in [3.05, 3.63) is 24.3 Å². The molecule has 0 saturated carbocycles. The predicted octanol–water partition coefficient (Wildman–Crippen LogP) is 9.41. The monoisotopic (exact) mass is 472 g/mol. The highest BCUT2D eigenvalue weighted by molar-refractivity contribution is 5.92. The van der Waals surface area contributed by atoms with Gasteiger partial charge in [0.15, 0.2) is 0 Å². The zero-order chi connectivity index (χ0) is 24.7. The molecule has 0 unspecified atom stereocenters. The zero-order valence-corrected chi connectivity index (χ0v) is 22.3. The molecule has 0 saturated heterocycles. The molecule has 0 atom stereocenters. The first-order chi connectivity index (χ1) is 16.7. The summed E-state index contributed by atoms with van der Waals surface area (Å²) in [6.45, 7) is 4.49. The normalized spacial score (nSPS) is 10.9. The van der Waals surface area contributed by atoms with E-state index in [0.717, 1.165) is 37.1 Å². The van der Waals surface area contributed by atoms with Crippen LogP contribution in [0.5, 0.6) is 0 Å². The van der Waals surface area contributed by atoms with Crippen LogP contribution in [0.25, 0.3) is 0 Å². The molecule has 2 N–H and O–H groups in total. The number of benzene rings is 1. The van der Waals surface area contributed by atoms with Gasteiger partial charge in [-0.2, -0.15) is 0 Å². The third-order valence-corrected chi connectivity index (χ3v) is 6.47. The van der Waals surface area contributed by atoms with Crippen molar-refractivity contribution in [3.8, 4) is 0 Å². The van der Waals surface area contributed by atoms with Crippen molar-refractivity contribution in [1.29, 1.82) is 0 Å². The second-order valence-electron chi connectivity index (χ2n) is 9.83. The topological polar surface area (TPSA) is 58.2 Å². The van der Waals surface area contributed by atoms with E-state index in [1.165, 1.54) is 89.9 Å². The van der Waals surface area contributed by atoms with Crippen molar-refractivity contribution >= 4 is 23.2 Å². The van der Waals surface area contributed by atoms with Gasteiger partial charge in [0.25, 0.3) is 0 Å². The maximum Gasteiger partial charge on any atom is 0.224 e. The number of unbranched alkanes of at least 4 members (excludes halogenated alkanes) is 16. The number of carbonyl (C=O) groups is 2. The zero-order valence-electron chi connectivity index (χ0n) is 22.3. The second kappa shape index (κ2) is 21.7. The SMILES string of the molecule is CCCCCCCCCCCC(=O)Nc1ccc(NC(=O)CCCCCCCCCCC)cc1. The molecular formula is C30H52N2O2. The van der Waals surface area contributed by atoms with E-state index in [1.807, 2.05) is 24.3 Å². The summed E-state index contributed by atoms with van der Waals surface area (Å²) in [6.07, 6.45) is 23.7. The van der Waals surface area contributed by atoms with Crippen molar-refractivity contribution in [3.63, 3.8) is 0 Å². The van der Waals surface area contributed by atoms with Crippen LogP contribution in [-0.2, 0) is 9.59 Å². The highest BCUT2D eigenvalue weighted by atomic mass is 16.2. The van der Waals surface area contributed by atoms with Crippen LogP contribution in [0.1, 0.15) is 142 Å². The Kier molecular flexibility index (Phi) is 19.2. The van der Waals surface area contributed by atoms with Crippen LogP contribution in [0.3, 0.4) is 0 Å². The van der Waals surface area contributed by atoms with Crippen molar-refractivity contribution in [2.24, 2.45) is 0 Å². The lowest BCUT2D eigenvalue weighted by Gasteiger charge is -2.08. The van der Waals surface area contributed by atoms with Crippen molar-refractivity contribution < 1.29 is 9.59 Å². The number of hydrogen-bond acceptors (Lipinski definition) is 2. The third kappa shape index (κ3) is 17.6. The Morgan fingerprint density at radius 1 is 0.471 bits per heavy atom. The van der Waals surface area contributed by atoms with Gasteiger partial charge in [-0.1, -0.05) is 117 Å². The van der Waals surface area contributed by atoms with Crippen LogP contribution in [0.2, 0.25) is 0 Å². The lowest BCUT2D eigenvalue weighted by molar-refractivity contribution is -0.117. The van der Waals surface area contributed by atoms with E-state index in [4.69, 9.17) is 0 Å². The Bertz CT molecular complexity index is 572. The molecule has 0 fully saturated rings. The molecule has 194 valence electrons. The molecule has 0 bridgehead atoms. The molecule has 0 radical (unpaired) electrons. The van der Waals surface area contributed by atoms with E-state index in [0.29, 0.717) is 12.8 Å². The quantitative estimate of drug-likeness (QED) is 0.165. The van der Waals surface area contributed by atoms with Gasteiger partial charge in [0, 0.05) is 24.2 Å². The lowest BCUT2D eigenvalue weighted by Crippen LogP contribution is -2.12. The molecule has 2 amide bonds. The summed E-state index contributed by atoms with van der Waals surface area (Å²) < 4.78 is 0. The summed E-state index contributed by atoms with van der Waals surface area (Å²) in [6, 6.07) is 7.45. The van der Waals surface area contributed by atoms with Gasteiger partial charge in [0.2, 0.25) is 11.8 Å². The van der Waals surface area contributed by atoms with Gasteiger partial charge < -0.3 is 10.6 Å². The molecule has 0 aliphatic carbocycles. The first-order valence-electron chi connectivity index (χ1n) is 14.4. The Morgan fingerprint density at radius 2 is 0.735 bits per heavy atom. The number of hydrogen-bond donors (Lipinski definition) is 2. The summed E-state index contributed by atoms with van der Waals surface area (Å²) in [5, 5.41) is 5.93. The van der Waals surface area contributed by atoms with Crippen molar-refractivity contribution in [1.82, 2.24) is 0 Å². The van der Waals surface area contributed by atoms with E-state index in [1.54, 1.807) is 0 Å². The van der Waals surface area contributed by atoms with Gasteiger partial charge in [0.05, 0.1) is 0 Å². The fourth-order valence-corrected chi connectivity index (χ4v) is 4.28. The van der Waals surface area contributed by atoms with Crippen LogP contribution in [0.4, 0.5) is 11.4 Å². The molecule has 0 spiro atoms. The number of rotatable bonds is 22. The van der Waals surface area contributed by atoms with Crippen LogP contribution in [-0.4, -0.2) is 11.8 Å². The van der Waals surface area contributed by atoms with E-state index in [2.05, 4.69) is 24.5 Å². The number of nitrogens with one attached hydrogen (secondary N) is 2. The van der Waals surface area contributed by atoms with Gasteiger partial charge in [-0.3, -0.25) is 9.59 Å². The van der Waals surface area contributed by atoms with E-state index in [9.17, 15) is 9.59 Å². The summed E-state index contributed by atoms with van der Waals surface area (Å²) in [5.74, 6) is 0.148. The van der Waals surface area contributed by atoms with Gasteiger partial charge >= 0.3 is 0 Å². The molecule has 0 aromatic heterocycles. The minimum atomic E-state index is 0.0742. The standard InChI is InChI=1S/C30H52N2O2/c1-3-5-7-9-11-13-15-17-19-21-29(33)31-27-23-25-28(26-24-27)32-30(34)22-20-18-16-14-12-10-8-6-4-2/h23-26H,3-22H2,1-2H3,(H,31,33)(H,32,34). The highest BCUT2D eigenvalue weighted by Gasteiger charge is 2.05. The smallest absolute Gasteiger partial charge is 0.224 e. The molecule has 4 nitrogen and oxygen atoms in total. The van der Waals surface area contributed by atoms with E-state index >= 15 is 0 Å². The summed E-state index contributed by atoms with van der Waals surface area (Å²) in [7, 11) is 0. The lowest BCUT2D eigenvalue weighted by atomic mass is 10.1. The summed E-state index contributed by atoms with van der Waals surface area (Å²) >= 11 is 0. The fraction of sp³-hybridized carbons (Fsp3) is 0.733. The maximum atomic E-state index is 12.2. The second-order valence-corrected chi connectivity index (χ2v) is 9.83. The molecule has 1 aromatic rings. The van der Waals surface area contributed by atoms with Crippen LogP contribution >= 0.6 is 0 Å². The minimum absolute atomic E-state index is 0.0742. The fourth-order valence-electron chi connectivity index (χ4n) is 4.28. The van der Waals surface area contributed by atoms with E-state index < -0.39 is 0 Å². The predicted molar refractivity (Wildman–Crippen MR) is 147 cm³/mol. The maximum absolute atomic E-state index is 12.2. The van der Waals surface area contributed by atoms with Gasteiger partial charge in [0.1, 0.15) is 0 Å². The van der Waals surface area contributed by atoms with E-state index in [-0.39, 0.29) is 11.8 Å². The summed E-state index contributed by atoms with van der Waals surface area (Å²) in [5.41, 5.74) is 1.58. The number of carbonyl (C=O) groups excluding carboxylic acids is 2. The molecule has 0 aliphatic rings. The Morgan fingerprint density at radius 3 is 1.03 bits per heavy atom. The van der Waals surface area contributed by atoms with Gasteiger partial charge in [-0.15, -0.1) is 0 Å². The number of anilines is 2. The Balaban J connectivity index is 2.06. The average molecular weight is 473 g/mol. The molecule has 34 heavy (non-hydrogen) atoms. The minimum Gasteiger partial charge on any atom is -0.326 e. The van der Waals surface area contributed by atoms with Crippen LogP contribution in [0.15, 0.2) is 24.3 Å². The molecule has 0 aliphatic heterocycles. The van der Waals surface area contributed by atoms with Crippen molar-refractivity contribution in [2.45, 2.75) is 142 Å². The molecule has 4 heteroatoms.